The van der Waals surface area contributed by atoms with Gasteiger partial charge < -0.3 is 20.3 Å². The van der Waals surface area contributed by atoms with Gasteiger partial charge in [-0.15, -0.1) is 6.42 Å². The molecule has 1 aromatic carbocycles. The van der Waals surface area contributed by atoms with E-state index in [9.17, 15) is 14.4 Å². The molecule has 8 heteroatoms. The summed E-state index contributed by atoms with van der Waals surface area (Å²) in [5.74, 6) is 2.01. The summed E-state index contributed by atoms with van der Waals surface area (Å²) in [4.78, 5) is 41.0. The molecule has 2 N–H and O–H groups in total. The topological polar surface area (TPSA) is 87.7 Å². The van der Waals surface area contributed by atoms with Crippen LogP contribution in [0.15, 0.2) is 24.3 Å². The van der Waals surface area contributed by atoms with Crippen LogP contribution >= 0.6 is 12.6 Å². The van der Waals surface area contributed by atoms with Crippen LogP contribution in [0.4, 0.5) is 4.79 Å². The fourth-order valence-electron chi connectivity index (χ4n) is 3.46. The largest absolute Gasteiger partial charge is 0.444 e. The monoisotopic (exact) mass is 473 g/mol. The number of ether oxygens (including phenoxy) is 1. The molecular weight excluding hydrogens is 438 g/mol. The average molecular weight is 474 g/mol. The second-order valence-corrected chi connectivity index (χ2v) is 9.50. The van der Waals surface area contributed by atoms with Gasteiger partial charge in [0.2, 0.25) is 11.8 Å². The minimum absolute atomic E-state index is 0.0578. The fraction of sp³-hybridized carbons (Fsp3) is 0.560. The quantitative estimate of drug-likeness (QED) is 0.276. The van der Waals surface area contributed by atoms with Gasteiger partial charge in [0.25, 0.3) is 0 Å². The first-order valence-electron chi connectivity index (χ1n) is 11.4. The van der Waals surface area contributed by atoms with Crippen molar-refractivity contribution in [2.45, 2.75) is 77.1 Å². The molecule has 0 bridgehead atoms. The van der Waals surface area contributed by atoms with Gasteiger partial charge in [-0.05, 0) is 51.7 Å². The van der Waals surface area contributed by atoms with E-state index in [1.54, 1.807) is 49.9 Å². The number of carbonyl (C=O) groups is 3. The van der Waals surface area contributed by atoms with Crippen molar-refractivity contribution in [2.24, 2.45) is 0 Å². The van der Waals surface area contributed by atoms with E-state index in [0.717, 1.165) is 25.7 Å². The number of terminal acetylenes is 1. The van der Waals surface area contributed by atoms with Crippen LogP contribution in [0.3, 0.4) is 0 Å². The number of thiol groups is 1. The van der Waals surface area contributed by atoms with Gasteiger partial charge in [-0.25, -0.2) is 4.79 Å². The Morgan fingerprint density at radius 3 is 2.48 bits per heavy atom. The summed E-state index contributed by atoms with van der Waals surface area (Å²) in [6.07, 6.45) is 8.31. The highest BCUT2D eigenvalue weighted by Crippen LogP contribution is 2.36. The molecule has 7 nitrogen and oxygen atoms in total. The second-order valence-electron chi connectivity index (χ2n) is 9.14. The van der Waals surface area contributed by atoms with E-state index in [-0.39, 0.29) is 23.6 Å². The molecule has 0 aromatic heterocycles. The zero-order chi connectivity index (χ0) is 24.6. The molecule has 3 amide bonds. The molecule has 0 radical (unpaired) electrons. The molecule has 0 aliphatic heterocycles. The summed E-state index contributed by atoms with van der Waals surface area (Å²) in [7, 11) is 0. The molecule has 1 aliphatic rings. The third-order valence-corrected chi connectivity index (χ3v) is 5.50. The van der Waals surface area contributed by atoms with Gasteiger partial charge in [0.05, 0.1) is 0 Å². The van der Waals surface area contributed by atoms with E-state index in [1.165, 1.54) is 0 Å². The Morgan fingerprint density at radius 1 is 1.27 bits per heavy atom. The predicted octanol–water partition coefficient (Wildman–Crippen LogP) is 3.44. The van der Waals surface area contributed by atoms with Gasteiger partial charge in [0.1, 0.15) is 17.7 Å². The molecule has 1 aliphatic carbocycles. The van der Waals surface area contributed by atoms with Crippen LogP contribution in [0.2, 0.25) is 0 Å². The molecule has 1 fully saturated rings. The molecule has 0 saturated heterocycles. The van der Waals surface area contributed by atoms with Crippen molar-refractivity contribution in [1.29, 1.82) is 0 Å². The summed E-state index contributed by atoms with van der Waals surface area (Å²) >= 11 is 4.29. The molecule has 2 rings (SSSR count). The average Bonchev–Trinajstić information content (AvgIpc) is 3.59. The summed E-state index contributed by atoms with van der Waals surface area (Å²) in [5.41, 5.74) is 0.427. The molecule has 0 heterocycles. The predicted molar refractivity (Wildman–Crippen MR) is 132 cm³/mol. The molecule has 0 spiro atoms. The zero-order valence-electron chi connectivity index (χ0n) is 19.9. The van der Waals surface area contributed by atoms with Crippen LogP contribution in [-0.2, 0) is 14.3 Å². The Morgan fingerprint density at radius 2 is 1.94 bits per heavy atom. The molecule has 33 heavy (non-hydrogen) atoms. The Balaban J connectivity index is 2.40. The highest BCUT2D eigenvalue weighted by Gasteiger charge is 2.44. The number of rotatable bonds is 10. The number of carbonyl (C=O) groups excluding carboxylic acids is 3. The van der Waals surface area contributed by atoms with Gasteiger partial charge >= 0.3 is 6.09 Å². The number of benzene rings is 1. The third-order valence-electron chi connectivity index (χ3n) is 5.13. The summed E-state index contributed by atoms with van der Waals surface area (Å²) in [6.45, 7) is 7.77. The Labute approximate surface area is 202 Å². The van der Waals surface area contributed by atoms with E-state index >= 15 is 0 Å². The van der Waals surface area contributed by atoms with Crippen molar-refractivity contribution in [3.05, 3.63) is 35.4 Å². The van der Waals surface area contributed by atoms with Crippen molar-refractivity contribution in [3.63, 3.8) is 0 Å². The van der Waals surface area contributed by atoms with Crippen molar-refractivity contribution < 1.29 is 19.1 Å². The van der Waals surface area contributed by atoms with Crippen LogP contribution in [0.1, 0.15) is 70.5 Å². The van der Waals surface area contributed by atoms with Gasteiger partial charge in [0, 0.05) is 23.9 Å². The number of nitrogens with one attached hydrogen (secondary N) is 2. The lowest BCUT2D eigenvalue weighted by molar-refractivity contribution is -0.142. The first-order valence-corrected chi connectivity index (χ1v) is 12.0. The fourth-order valence-corrected chi connectivity index (χ4v) is 3.70. The first-order chi connectivity index (χ1) is 15.6. The van der Waals surface area contributed by atoms with E-state index in [4.69, 9.17) is 11.2 Å². The minimum atomic E-state index is -0.951. The molecule has 1 saturated carbocycles. The van der Waals surface area contributed by atoms with E-state index < -0.39 is 23.8 Å². The van der Waals surface area contributed by atoms with Crippen molar-refractivity contribution in [1.82, 2.24) is 15.5 Å². The van der Waals surface area contributed by atoms with Crippen LogP contribution in [0, 0.1) is 12.3 Å². The smallest absolute Gasteiger partial charge is 0.408 e. The zero-order valence-corrected chi connectivity index (χ0v) is 20.8. The molecular formula is C25H35N3O4S. The van der Waals surface area contributed by atoms with Gasteiger partial charge in [0.15, 0.2) is 0 Å². The van der Waals surface area contributed by atoms with E-state index in [2.05, 4.69) is 29.2 Å². The highest BCUT2D eigenvalue weighted by atomic mass is 32.1. The Hall–Kier alpha value is -2.66. The van der Waals surface area contributed by atoms with Crippen LogP contribution in [-0.4, -0.2) is 52.8 Å². The lowest BCUT2D eigenvalue weighted by Crippen LogP contribution is -2.54. The Kier molecular flexibility index (Phi) is 9.66. The number of hydrogen-bond donors (Lipinski definition) is 3. The van der Waals surface area contributed by atoms with Crippen molar-refractivity contribution >= 4 is 30.5 Å². The number of hydrogen-bond acceptors (Lipinski definition) is 5. The number of alkyl carbamates (subject to hydrolysis) is 1. The van der Waals surface area contributed by atoms with Crippen LogP contribution < -0.4 is 10.6 Å². The van der Waals surface area contributed by atoms with Crippen molar-refractivity contribution in [3.8, 4) is 12.3 Å². The number of nitrogens with zero attached hydrogens (tertiary/aromatic N) is 1. The van der Waals surface area contributed by atoms with Crippen LogP contribution in [0.5, 0.6) is 0 Å². The van der Waals surface area contributed by atoms with E-state index in [0.29, 0.717) is 17.7 Å². The standard InChI is InChI=1S/C25H35N3O4S/c1-6-8-15-26-22(29)21(19-12-10-9-11-17(19)7-2)28(18-13-14-18)23(30)20(16-33)27-24(31)32-25(3,4)5/h2,9-12,18,20-21,33H,6,8,13-16H2,1,3-5H3,(H,26,29)(H,27,31). The first kappa shape index (κ1) is 26.6. The summed E-state index contributed by atoms with van der Waals surface area (Å²) in [6, 6.07) is 5.16. The molecule has 1 aromatic rings. The van der Waals surface area contributed by atoms with Gasteiger partial charge in [-0.1, -0.05) is 37.5 Å². The maximum atomic E-state index is 13.7. The normalized spacial score (nSPS) is 15.0. The number of unbranched alkanes of at least 4 members (excludes halogenated alkanes) is 1. The van der Waals surface area contributed by atoms with Gasteiger partial charge in [-0.3, -0.25) is 9.59 Å². The summed E-state index contributed by atoms with van der Waals surface area (Å²) < 4.78 is 5.31. The maximum absolute atomic E-state index is 13.7. The minimum Gasteiger partial charge on any atom is -0.444 e. The molecule has 180 valence electrons. The lowest BCUT2D eigenvalue weighted by Gasteiger charge is -2.34. The maximum Gasteiger partial charge on any atom is 0.408 e. The third kappa shape index (κ3) is 7.71. The molecule has 2 unspecified atom stereocenters. The van der Waals surface area contributed by atoms with Crippen LogP contribution in [0.25, 0.3) is 0 Å². The SMILES string of the molecule is C#Cc1ccccc1C(C(=O)NCCCC)N(C(=O)C(CS)NC(=O)OC(C)(C)C)C1CC1. The second kappa shape index (κ2) is 12.0. The van der Waals surface area contributed by atoms with Gasteiger partial charge in [-0.2, -0.15) is 12.6 Å². The summed E-state index contributed by atoms with van der Waals surface area (Å²) in [5, 5.41) is 5.56. The number of amides is 3. The lowest BCUT2D eigenvalue weighted by atomic mass is 9.97. The van der Waals surface area contributed by atoms with E-state index in [1.807, 2.05) is 6.92 Å². The molecule has 2 atom stereocenters. The highest BCUT2D eigenvalue weighted by molar-refractivity contribution is 7.80. The Bertz CT molecular complexity index is 886. The van der Waals surface area contributed by atoms with Crippen molar-refractivity contribution in [2.75, 3.05) is 12.3 Å².